The summed E-state index contributed by atoms with van der Waals surface area (Å²) in [6, 6.07) is 12.4. The number of halogens is 1. The molecule has 0 bridgehead atoms. The van der Waals surface area contributed by atoms with Gasteiger partial charge in [-0.2, -0.15) is 0 Å². The molecule has 1 amide bonds. The number of carbonyl (C=O) groups is 2. The van der Waals surface area contributed by atoms with Crippen LogP contribution >= 0.6 is 11.6 Å². The zero-order valence-electron chi connectivity index (χ0n) is 13.1. The molecule has 0 heterocycles. The largest absolute Gasteiger partial charge is 0.459 e. The van der Waals surface area contributed by atoms with E-state index < -0.39 is 5.97 Å². The highest BCUT2D eigenvalue weighted by Crippen LogP contribution is 2.12. The summed E-state index contributed by atoms with van der Waals surface area (Å²) in [6.07, 6.45) is 0. The molecule has 2 aromatic rings. The molecule has 4 nitrogen and oxygen atoms in total. The fourth-order valence-electron chi connectivity index (χ4n) is 2.02. The number of aryl methyl sites for hydroxylation is 2. The third-order valence-corrected chi connectivity index (χ3v) is 3.64. The highest BCUT2D eigenvalue weighted by Gasteiger charge is 2.09. The topological polar surface area (TPSA) is 55.4 Å². The molecule has 0 atom stereocenters. The van der Waals surface area contributed by atoms with Gasteiger partial charge < -0.3 is 10.1 Å². The van der Waals surface area contributed by atoms with Crippen LogP contribution in [0.15, 0.2) is 42.5 Å². The number of hydrogen-bond donors (Lipinski definition) is 1. The van der Waals surface area contributed by atoms with Crippen molar-refractivity contribution >= 4 is 23.5 Å². The molecular weight excluding hydrogens is 314 g/mol. The van der Waals surface area contributed by atoms with Gasteiger partial charge >= 0.3 is 5.97 Å². The number of carbonyl (C=O) groups excluding carboxylic acids is 2. The van der Waals surface area contributed by atoms with E-state index in [0.717, 1.165) is 16.7 Å². The smallest absolute Gasteiger partial charge is 0.325 e. The SMILES string of the molecule is Cc1ccc(C)c(COC(=O)CNC(=O)c2ccc(Cl)cc2)c1. The zero-order chi connectivity index (χ0) is 16.8. The molecule has 0 fully saturated rings. The van der Waals surface area contributed by atoms with Gasteiger partial charge in [-0.25, -0.2) is 0 Å². The molecule has 1 N–H and O–H groups in total. The lowest BCUT2D eigenvalue weighted by atomic mass is 10.1. The van der Waals surface area contributed by atoms with Gasteiger partial charge in [0.2, 0.25) is 0 Å². The Labute approximate surface area is 140 Å². The van der Waals surface area contributed by atoms with Crippen LogP contribution in [0.4, 0.5) is 0 Å². The van der Waals surface area contributed by atoms with Crippen LogP contribution in [-0.4, -0.2) is 18.4 Å². The van der Waals surface area contributed by atoms with Gasteiger partial charge in [-0.1, -0.05) is 35.4 Å². The van der Waals surface area contributed by atoms with Crippen molar-refractivity contribution in [3.8, 4) is 0 Å². The summed E-state index contributed by atoms with van der Waals surface area (Å²) in [5.41, 5.74) is 3.57. The summed E-state index contributed by atoms with van der Waals surface area (Å²) in [7, 11) is 0. The molecule has 2 rings (SSSR count). The van der Waals surface area contributed by atoms with Crippen molar-refractivity contribution in [2.24, 2.45) is 0 Å². The van der Waals surface area contributed by atoms with Gasteiger partial charge in [0.25, 0.3) is 5.91 Å². The molecule has 0 aromatic heterocycles. The van der Waals surface area contributed by atoms with Crippen LogP contribution in [0, 0.1) is 13.8 Å². The molecule has 0 aliphatic rings. The van der Waals surface area contributed by atoms with Crippen LogP contribution in [0.5, 0.6) is 0 Å². The van der Waals surface area contributed by atoms with Crippen LogP contribution in [0.1, 0.15) is 27.0 Å². The average molecular weight is 332 g/mol. The third-order valence-electron chi connectivity index (χ3n) is 3.39. The van der Waals surface area contributed by atoms with Gasteiger partial charge in [-0.15, -0.1) is 0 Å². The van der Waals surface area contributed by atoms with E-state index >= 15 is 0 Å². The summed E-state index contributed by atoms with van der Waals surface area (Å²) in [6.45, 7) is 3.97. The van der Waals surface area contributed by atoms with Gasteiger partial charge in [-0.3, -0.25) is 9.59 Å². The van der Waals surface area contributed by atoms with Crippen molar-refractivity contribution in [3.63, 3.8) is 0 Å². The minimum atomic E-state index is -0.479. The van der Waals surface area contributed by atoms with E-state index in [4.69, 9.17) is 16.3 Å². The van der Waals surface area contributed by atoms with E-state index in [1.54, 1.807) is 24.3 Å². The first-order chi connectivity index (χ1) is 11.0. The number of rotatable bonds is 5. The van der Waals surface area contributed by atoms with Gasteiger partial charge in [-0.05, 0) is 49.2 Å². The number of amides is 1. The van der Waals surface area contributed by atoms with E-state index in [9.17, 15) is 9.59 Å². The van der Waals surface area contributed by atoms with Crippen molar-refractivity contribution < 1.29 is 14.3 Å². The van der Waals surface area contributed by atoms with Gasteiger partial charge in [0.1, 0.15) is 13.2 Å². The molecule has 0 radical (unpaired) electrons. The minimum absolute atomic E-state index is 0.174. The van der Waals surface area contributed by atoms with Crippen LogP contribution in [-0.2, 0) is 16.1 Å². The number of nitrogens with one attached hydrogen (secondary N) is 1. The number of ether oxygens (including phenoxy) is 1. The summed E-state index contributed by atoms with van der Waals surface area (Å²) in [4.78, 5) is 23.6. The maximum absolute atomic E-state index is 11.9. The zero-order valence-corrected chi connectivity index (χ0v) is 13.8. The fraction of sp³-hybridized carbons (Fsp3) is 0.222. The molecule has 0 unspecified atom stereocenters. The van der Waals surface area contributed by atoms with E-state index in [2.05, 4.69) is 5.32 Å². The molecule has 120 valence electrons. The lowest BCUT2D eigenvalue weighted by Gasteiger charge is -2.09. The molecule has 0 aliphatic heterocycles. The lowest BCUT2D eigenvalue weighted by molar-refractivity contribution is -0.143. The summed E-state index contributed by atoms with van der Waals surface area (Å²) < 4.78 is 5.19. The molecule has 2 aromatic carbocycles. The Kier molecular flexibility index (Phi) is 5.77. The highest BCUT2D eigenvalue weighted by atomic mass is 35.5. The minimum Gasteiger partial charge on any atom is -0.459 e. The molecule has 5 heteroatoms. The summed E-state index contributed by atoms with van der Waals surface area (Å²) in [5.74, 6) is -0.821. The van der Waals surface area contributed by atoms with Gasteiger partial charge in [0.05, 0.1) is 0 Å². The van der Waals surface area contributed by atoms with Crippen LogP contribution in [0.2, 0.25) is 5.02 Å². The van der Waals surface area contributed by atoms with Crippen molar-refractivity contribution in [2.75, 3.05) is 6.54 Å². The van der Waals surface area contributed by atoms with Crippen LogP contribution in [0.25, 0.3) is 0 Å². The monoisotopic (exact) mass is 331 g/mol. The van der Waals surface area contributed by atoms with Crippen LogP contribution < -0.4 is 5.32 Å². The molecule has 0 saturated heterocycles. The molecule has 0 aliphatic carbocycles. The highest BCUT2D eigenvalue weighted by molar-refractivity contribution is 6.30. The van der Waals surface area contributed by atoms with Gasteiger partial charge in [0, 0.05) is 10.6 Å². The van der Waals surface area contributed by atoms with Crippen molar-refractivity contribution in [1.82, 2.24) is 5.32 Å². The number of esters is 1. The first-order valence-corrected chi connectivity index (χ1v) is 7.59. The van der Waals surface area contributed by atoms with Crippen molar-refractivity contribution in [3.05, 3.63) is 69.7 Å². The second kappa shape index (κ2) is 7.79. The molecule has 23 heavy (non-hydrogen) atoms. The maximum atomic E-state index is 11.9. The quantitative estimate of drug-likeness (QED) is 0.854. The molecule has 0 spiro atoms. The Bertz CT molecular complexity index is 711. The third kappa shape index (κ3) is 5.11. The maximum Gasteiger partial charge on any atom is 0.325 e. The predicted octanol–water partition coefficient (Wildman–Crippen LogP) is 3.43. The molecule has 0 saturated carbocycles. The Morgan fingerprint density at radius 1 is 1.09 bits per heavy atom. The standard InChI is InChI=1S/C18H18ClNO3/c1-12-3-4-13(2)15(9-12)11-23-17(21)10-20-18(22)14-5-7-16(19)8-6-14/h3-9H,10-11H2,1-2H3,(H,20,22). The molecular formula is C18H18ClNO3. The van der Waals surface area contributed by atoms with E-state index in [1.807, 2.05) is 32.0 Å². The van der Waals surface area contributed by atoms with E-state index in [-0.39, 0.29) is 19.1 Å². The number of benzene rings is 2. The van der Waals surface area contributed by atoms with Crippen molar-refractivity contribution in [2.45, 2.75) is 20.5 Å². The second-order valence-electron chi connectivity index (χ2n) is 5.28. The van der Waals surface area contributed by atoms with Crippen LogP contribution in [0.3, 0.4) is 0 Å². The summed E-state index contributed by atoms with van der Waals surface area (Å²) >= 11 is 5.76. The van der Waals surface area contributed by atoms with Crippen molar-refractivity contribution in [1.29, 1.82) is 0 Å². The predicted molar refractivity (Wildman–Crippen MR) is 89.5 cm³/mol. The van der Waals surface area contributed by atoms with E-state index in [1.165, 1.54) is 0 Å². The number of hydrogen-bond acceptors (Lipinski definition) is 3. The lowest BCUT2D eigenvalue weighted by Crippen LogP contribution is -2.30. The van der Waals surface area contributed by atoms with Gasteiger partial charge in [0.15, 0.2) is 0 Å². The Morgan fingerprint density at radius 3 is 2.48 bits per heavy atom. The Hall–Kier alpha value is -2.33. The Balaban J connectivity index is 1.82. The summed E-state index contributed by atoms with van der Waals surface area (Å²) in [5, 5.41) is 3.07. The second-order valence-corrected chi connectivity index (χ2v) is 5.72. The fourth-order valence-corrected chi connectivity index (χ4v) is 2.15. The normalized spacial score (nSPS) is 10.2. The first kappa shape index (κ1) is 17.0. The first-order valence-electron chi connectivity index (χ1n) is 7.21. The Morgan fingerprint density at radius 2 is 1.78 bits per heavy atom. The average Bonchev–Trinajstić information content (AvgIpc) is 2.54. The van der Waals surface area contributed by atoms with E-state index in [0.29, 0.717) is 10.6 Å².